The number of rotatable bonds is 7. The highest BCUT2D eigenvalue weighted by Crippen LogP contribution is 2.68. The molecule has 11 nitrogen and oxygen atoms in total. The van der Waals surface area contributed by atoms with E-state index in [4.69, 9.17) is 32.5 Å². The van der Waals surface area contributed by atoms with Crippen LogP contribution >= 0.6 is 0 Å². The molecule has 2 aromatic heterocycles. The van der Waals surface area contributed by atoms with Crippen LogP contribution in [0.1, 0.15) is 78.5 Å². The maximum Gasteiger partial charge on any atom is 0.341 e. The van der Waals surface area contributed by atoms with Crippen LogP contribution in [0.3, 0.4) is 0 Å². The van der Waals surface area contributed by atoms with Gasteiger partial charge in [-0.1, -0.05) is 25.1 Å². The van der Waals surface area contributed by atoms with Gasteiger partial charge in [-0.2, -0.15) is 0 Å². The molecule has 6 rings (SSSR count). The molecular weight excluding hydrogens is 584 g/mol. The monoisotopic (exact) mass is 620 g/mol. The van der Waals surface area contributed by atoms with Gasteiger partial charge < -0.3 is 32.5 Å². The van der Waals surface area contributed by atoms with E-state index in [0.717, 1.165) is 0 Å². The van der Waals surface area contributed by atoms with E-state index in [-0.39, 0.29) is 24.0 Å². The van der Waals surface area contributed by atoms with Gasteiger partial charge in [0.25, 0.3) is 0 Å². The number of benzene rings is 1. The molecule has 2 aliphatic carbocycles. The molecular formula is C34H36O11. The van der Waals surface area contributed by atoms with E-state index < -0.39 is 76.7 Å². The summed E-state index contributed by atoms with van der Waals surface area (Å²) in [6, 6.07) is 11.5. The van der Waals surface area contributed by atoms with E-state index in [1.54, 1.807) is 37.3 Å². The highest BCUT2D eigenvalue weighted by molar-refractivity contribution is 5.90. The Kier molecular flexibility index (Phi) is 7.63. The summed E-state index contributed by atoms with van der Waals surface area (Å²) >= 11 is 0. The molecule has 11 heteroatoms. The first kappa shape index (κ1) is 30.6. The number of fused-ring (bicyclic) bond motifs is 1. The first-order valence-electron chi connectivity index (χ1n) is 15.0. The number of hydrogen-bond donors (Lipinski definition) is 0. The van der Waals surface area contributed by atoms with Crippen LogP contribution < -0.4 is 0 Å². The zero-order chi connectivity index (χ0) is 32.1. The van der Waals surface area contributed by atoms with Crippen LogP contribution in [0.4, 0.5) is 0 Å². The summed E-state index contributed by atoms with van der Waals surface area (Å²) in [6.45, 7) is 8.79. The van der Waals surface area contributed by atoms with Gasteiger partial charge in [0.05, 0.1) is 40.2 Å². The van der Waals surface area contributed by atoms with Crippen LogP contribution in [0.2, 0.25) is 0 Å². The second-order valence-corrected chi connectivity index (χ2v) is 12.8. The van der Waals surface area contributed by atoms with Crippen molar-refractivity contribution >= 4 is 23.9 Å². The predicted molar refractivity (Wildman–Crippen MR) is 155 cm³/mol. The Hall–Kier alpha value is -4.38. The smallest absolute Gasteiger partial charge is 0.341 e. The largest absolute Gasteiger partial charge is 0.472 e. The van der Waals surface area contributed by atoms with Crippen molar-refractivity contribution in [1.82, 2.24) is 0 Å². The van der Waals surface area contributed by atoms with E-state index >= 15 is 0 Å². The molecule has 45 heavy (non-hydrogen) atoms. The van der Waals surface area contributed by atoms with E-state index in [0.29, 0.717) is 5.56 Å². The van der Waals surface area contributed by atoms with Gasteiger partial charge in [-0.15, -0.1) is 0 Å². The summed E-state index contributed by atoms with van der Waals surface area (Å²) in [4.78, 5) is 53.0. The maximum atomic E-state index is 13.6. The fourth-order valence-corrected chi connectivity index (χ4v) is 7.88. The van der Waals surface area contributed by atoms with E-state index in [2.05, 4.69) is 0 Å². The second kappa shape index (κ2) is 11.2. The SMILES string of the molecule is CC(=O)OC1C(OC(=O)c2ccoc2)CC(C)C23OC(C)(C)C(CC(OC(=O)c4ccccc4)C12C)C3OC(=O)c1ccoc1. The van der Waals surface area contributed by atoms with Crippen molar-refractivity contribution in [1.29, 1.82) is 0 Å². The first-order chi connectivity index (χ1) is 21.4. The molecule has 0 N–H and O–H groups in total. The number of ether oxygens (including phenoxy) is 5. The van der Waals surface area contributed by atoms with Gasteiger partial charge in [0.1, 0.15) is 36.4 Å². The fourth-order valence-electron chi connectivity index (χ4n) is 7.88. The van der Waals surface area contributed by atoms with Crippen LogP contribution in [-0.2, 0) is 28.5 Å². The highest BCUT2D eigenvalue weighted by Gasteiger charge is 2.80. The third kappa shape index (κ3) is 4.93. The minimum Gasteiger partial charge on any atom is -0.472 e. The van der Waals surface area contributed by atoms with Gasteiger partial charge in [-0.25, -0.2) is 14.4 Å². The molecule has 3 heterocycles. The Morgan fingerprint density at radius 2 is 1.33 bits per heavy atom. The molecule has 3 fully saturated rings. The van der Waals surface area contributed by atoms with Crippen molar-refractivity contribution in [3.63, 3.8) is 0 Å². The van der Waals surface area contributed by atoms with Crippen molar-refractivity contribution in [3.8, 4) is 0 Å². The third-order valence-electron chi connectivity index (χ3n) is 9.90. The topological polar surface area (TPSA) is 141 Å². The predicted octanol–water partition coefficient (Wildman–Crippen LogP) is 5.39. The normalized spacial score (nSPS) is 33.0. The van der Waals surface area contributed by atoms with Crippen molar-refractivity contribution < 1.29 is 51.7 Å². The molecule has 0 radical (unpaired) electrons. The Bertz CT molecular complexity index is 1560. The van der Waals surface area contributed by atoms with Crippen molar-refractivity contribution in [2.45, 2.75) is 83.1 Å². The number of carbonyl (C=O) groups is 4. The van der Waals surface area contributed by atoms with Crippen LogP contribution in [0.25, 0.3) is 0 Å². The van der Waals surface area contributed by atoms with Crippen LogP contribution in [0, 0.1) is 17.3 Å². The molecule has 1 aromatic carbocycles. The van der Waals surface area contributed by atoms with Gasteiger partial charge in [0.2, 0.25) is 0 Å². The summed E-state index contributed by atoms with van der Waals surface area (Å²) in [5, 5.41) is 0. The summed E-state index contributed by atoms with van der Waals surface area (Å²) < 4.78 is 41.9. The van der Waals surface area contributed by atoms with Crippen LogP contribution in [0.15, 0.2) is 76.4 Å². The fraction of sp³-hybridized carbons (Fsp3) is 0.471. The molecule has 1 aliphatic heterocycles. The zero-order valence-electron chi connectivity index (χ0n) is 25.7. The molecule has 1 saturated heterocycles. The van der Waals surface area contributed by atoms with Crippen LogP contribution in [-0.4, -0.2) is 59.5 Å². The number of furan rings is 2. The van der Waals surface area contributed by atoms with E-state index in [1.165, 1.54) is 44.1 Å². The Morgan fingerprint density at radius 1 is 0.733 bits per heavy atom. The molecule has 3 aliphatic rings. The minimum absolute atomic E-state index is 0.190. The van der Waals surface area contributed by atoms with Crippen LogP contribution in [0.5, 0.6) is 0 Å². The summed E-state index contributed by atoms with van der Waals surface area (Å²) in [7, 11) is 0. The molecule has 238 valence electrons. The van der Waals surface area contributed by atoms with Crippen molar-refractivity contribution in [2.24, 2.45) is 17.3 Å². The average Bonchev–Trinajstić information content (AvgIpc) is 3.76. The van der Waals surface area contributed by atoms with Gasteiger partial charge in [0.15, 0.2) is 6.10 Å². The van der Waals surface area contributed by atoms with Gasteiger partial charge >= 0.3 is 23.9 Å². The molecule has 8 unspecified atom stereocenters. The average molecular weight is 621 g/mol. The van der Waals surface area contributed by atoms with Crippen molar-refractivity contribution in [3.05, 3.63) is 84.2 Å². The maximum absolute atomic E-state index is 13.6. The quantitative estimate of drug-likeness (QED) is 0.248. The lowest BCUT2D eigenvalue weighted by atomic mass is 9.48. The molecule has 2 bridgehead atoms. The second-order valence-electron chi connectivity index (χ2n) is 12.8. The molecule has 8 atom stereocenters. The zero-order valence-corrected chi connectivity index (χ0v) is 25.7. The Morgan fingerprint density at radius 3 is 1.91 bits per heavy atom. The highest BCUT2D eigenvalue weighted by atomic mass is 16.6. The Labute approximate surface area is 260 Å². The third-order valence-corrected chi connectivity index (χ3v) is 9.90. The van der Waals surface area contributed by atoms with Gasteiger partial charge in [-0.05, 0) is 63.8 Å². The molecule has 2 saturated carbocycles. The summed E-state index contributed by atoms with van der Waals surface area (Å²) in [5.41, 5.74) is -2.80. The molecule has 1 spiro atoms. The summed E-state index contributed by atoms with van der Waals surface area (Å²) in [5.74, 6) is -3.34. The van der Waals surface area contributed by atoms with Gasteiger partial charge in [-0.3, -0.25) is 4.79 Å². The minimum atomic E-state index is -1.37. The molecule has 3 aromatic rings. The van der Waals surface area contributed by atoms with Gasteiger partial charge in [0, 0.05) is 12.8 Å². The lowest BCUT2D eigenvalue weighted by Crippen LogP contribution is -2.76. The number of carbonyl (C=O) groups excluding carboxylic acids is 4. The van der Waals surface area contributed by atoms with Crippen molar-refractivity contribution in [2.75, 3.05) is 0 Å². The lowest BCUT2D eigenvalue weighted by Gasteiger charge is -2.62. The standard InChI is InChI=1S/C34H36O11/c1-19-15-25(42-30(37)22-11-13-39-17-22)28(41-20(2)35)33(5)26(43-29(36)21-9-7-6-8-10-21)16-24-27(34(19,33)45-32(24,3)4)44-31(38)23-12-14-40-18-23/h6-14,17-19,24-28H,15-16H2,1-5H3. The first-order valence-corrected chi connectivity index (χ1v) is 15.0. The van der Waals surface area contributed by atoms with E-state index in [9.17, 15) is 19.2 Å². The van der Waals surface area contributed by atoms with E-state index in [1.807, 2.05) is 20.8 Å². The lowest BCUT2D eigenvalue weighted by molar-refractivity contribution is -0.300. The number of esters is 4. The summed E-state index contributed by atoms with van der Waals surface area (Å²) in [6.07, 6.45) is 1.85. The number of hydrogen-bond acceptors (Lipinski definition) is 11. The Balaban J connectivity index is 1.48. The molecule has 0 amide bonds.